The number of nitrogens with one attached hydrogen (secondary N) is 1. The second kappa shape index (κ2) is 3.73. The maximum absolute atomic E-state index is 11.8. The average Bonchev–Trinajstić information content (AvgIpc) is 2.29. The molecule has 0 fully saturated rings. The third-order valence-electron chi connectivity index (χ3n) is 2.02. The normalized spacial score (nSPS) is 11.5. The minimum Gasteiger partial charge on any atom is -0.347 e. The van der Waals surface area contributed by atoms with Gasteiger partial charge in [0.1, 0.15) is 0 Å². The van der Waals surface area contributed by atoms with Crippen molar-refractivity contribution in [3.63, 3.8) is 0 Å². The van der Waals surface area contributed by atoms with Crippen LogP contribution in [0.3, 0.4) is 0 Å². The van der Waals surface area contributed by atoms with Gasteiger partial charge in [-0.05, 0) is 40.2 Å². The second-order valence-corrected chi connectivity index (χ2v) is 5.62. The van der Waals surface area contributed by atoms with Gasteiger partial charge in [-0.3, -0.25) is 4.79 Å². The molecule has 1 N–H and O–H groups in total. The van der Waals surface area contributed by atoms with E-state index in [1.807, 2.05) is 40.0 Å². The molecule has 0 spiro atoms. The van der Waals surface area contributed by atoms with Crippen LogP contribution in [0, 0.1) is 13.8 Å². The van der Waals surface area contributed by atoms with Gasteiger partial charge >= 0.3 is 0 Å². The van der Waals surface area contributed by atoms with E-state index in [-0.39, 0.29) is 11.4 Å². The molecule has 0 atom stereocenters. The van der Waals surface area contributed by atoms with Gasteiger partial charge in [-0.1, -0.05) is 0 Å². The van der Waals surface area contributed by atoms with E-state index in [0.717, 1.165) is 11.1 Å². The number of aryl methyl sites for hydroxylation is 1. The minimum absolute atomic E-state index is 0.0272. The van der Waals surface area contributed by atoms with Gasteiger partial charge in [0.05, 0.1) is 5.56 Å². The maximum atomic E-state index is 11.8. The van der Waals surface area contributed by atoms with Crippen LogP contribution in [0.15, 0.2) is 5.38 Å². The van der Waals surface area contributed by atoms with Crippen LogP contribution in [0.25, 0.3) is 0 Å². The Bertz CT molecular complexity index is 347. The molecule has 0 aromatic carbocycles. The van der Waals surface area contributed by atoms with Crippen LogP contribution in [0.4, 0.5) is 0 Å². The molecule has 2 nitrogen and oxygen atoms in total. The molecule has 1 rings (SSSR count). The van der Waals surface area contributed by atoms with Crippen LogP contribution < -0.4 is 5.32 Å². The Balaban J connectivity index is 2.86. The fourth-order valence-corrected chi connectivity index (χ4v) is 2.01. The lowest BCUT2D eigenvalue weighted by Gasteiger charge is -2.20. The Hall–Kier alpha value is -0.830. The van der Waals surface area contributed by atoms with Crippen molar-refractivity contribution in [3.05, 3.63) is 21.4 Å². The van der Waals surface area contributed by atoms with Crippen molar-refractivity contribution in [3.8, 4) is 0 Å². The number of carbonyl (C=O) groups is 1. The molecule has 0 aliphatic carbocycles. The van der Waals surface area contributed by atoms with Gasteiger partial charge in [0, 0.05) is 15.8 Å². The van der Waals surface area contributed by atoms with Crippen molar-refractivity contribution in [1.29, 1.82) is 0 Å². The van der Waals surface area contributed by atoms with Gasteiger partial charge in [0.15, 0.2) is 0 Å². The zero-order valence-corrected chi connectivity index (χ0v) is 10.2. The molecule has 1 heterocycles. The quantitative estimate of drug-likeness (QED) is 0.760. The van der Waals surface area contributed by atoms with Crippen LogP contribution in [-0.2, 0) is 0 Å². The van der Waals surface area contributed by atoms with Crippen molar-refractivity contribution in [2.24, 2.45) is 0 Å². The molecule has 0 unspecified atom stereocenters. The highest BCUT2D eigenvalue weighted by Crippen LogP contribution is 2.20. The molecular weight excluding hydrogens is 194 g/mol. The molecule has 1 aromatic heterocycles. The summed E-state index contributed by atoms with van der Waals surface area (Å²) in [7, 11) is 0. The Morgan fingerprint density at radius 1 is 1.36 bits per heavy atom. The Morgan fingerprint density at radius 2 is 1.93 bits per heavy atom. The van der Waals surface area contributed by atoms with Gasteiger partial charge in [-0.15, -0.1) is 11.3 Å². The van der Waals surface area contributed by atoms with Gasteiger partial charge in [0.25, 0.3) is 5.91 Å². The third kappa shape index (κ3) is 2.58. The summed E-state index contributed by atoms with van der Waals surface area (Å²) in [6.07, 6.45) is 0. The molecule has 0 saturated carbocycles. The van der Waals surface area contributed by atoms with Crippen LogP contribution in [0.5, 0.6) is 0 Å². The SMILES string of the molecule is Cc1scc(C(=O)NC(C)(C)C)c1C. The van der Waals surface area contributed by atoms with E-state index >= 15 is 0 Å². The highest BCUT2D eigenvalue weighted by atomic mass is 32.1. The predicted molar refractivity (Wildman–Crippen MR) is 61.0 cm³/mol. The van der Waals surface area contributed by atoms with E-state index in [2.05, 4.69) is 5.32 Å². The monoisotopic (exact) mass is 211 g/mol. The molecular formula is C11H17NOS. The first-order valence-corrected chi connectivity index (χ1v) is 5.56. The number of hydrogen-bond donors (Lipinski definition) is 1. The first-order chi connectivity index (χ1) is 6.31. The van der Waals surface area contributed by atoms with Gasteiger partial charge < -0.3 is 5.32 Å². The summed E-state index contributed by atoms with van der Waals surface area (Å²) in [6, 6.07) is 0. The van der Waals surface area contributed by atoms with E-state index in [0.29, 0.717) is 0 Å². The van der Waals surface area contributed by atoms with E-state index < -0.39 is 0 Å². The van der Waals surface area contributed by atoms with Crippen molar-refractivity contribution >= 4 is 17.2 Å². The molecule has 0 saturated heterocycles. The number of thiophene rings is 1. The van der Waals surface area contributed by atoms with Crippen LogP contribution >= 0.6 is 11.3 Å². The van der Waals surface area contributed by atoms with E-state index in [1.165, 1.54) is 4.88 Å². The lowest BCUT2D eigenvalue weighted by Crippen LogP contribution is -2.40. The number of amides is 1. The summed E-state index contributed by atoms with van der Waals surface area (Å²) in [4.78, 5) is 13.0. The summed E-state index contributed by atoms with van der Waals surface area (Å²) in [5.41, 5.74) is 1.73. The van der Waals surface area contributed by atoms with Crippen LogP contribution in [0.2, 0.25) is 0 Å². The summed E-state index contributed by atoms with van der Waals surface area (Å²) in [5, 5.41) is 4.88. The number of hydrogen-bond acceptors (Lipinski definition) is 2. The second-order valence-electron chi connectivity index (χ2n) is 4.53. The maximum Gasteiger partial charge on any atom is 0.252 e. The molecule has 0 radical (unpaired) electrons. The molecule has 1 amide bonds. The lowest BCUT2D eigenvalue weighted by atomic mass is 10.1. The molecule has 3 heteroatoms. The first-order valence-electron chi connectivity index (χ1n) is 4.68. The van der Waals surface area contributed by atoms with Gasteiger partial charge in [-0.25, -0.2) is 0 Å². The van der Waals surface area contributed by atoms with Crippen LogP contribution in [0.1, 0.15) is 41.6 Å². The van der Waals surface area contributed by atoms with Gasteiger partial charge in [-0.2, -0.15) is 0 Å². The van der Waals surface area contributed by atoms with Crippen molar-refractivity contribution in [2.45, 2.75) is 40.2 Å². The smallest absolute Gasteiger partial charge is 0.252 e. The molecule has 14 heavy (non-hydrogen) atoms. The summed E-state index contributed by atoms with van der Waals surface area (Å²) in [5.74, 6) is 0.0272. The zero-order valence-electron chi connectivity index (χ0n) is 9.39. The van der Waals surface area contributed by atoms with Gasteiger partial charge in [0.2, 0.25) is 0 Å². The first kappa shape index (κ1) is 11.2. The molecule has 0 aliphatic heterocycles. The largest absolute Gasteiger partial charge is 0.347 e. The molecule has 0 aliphatic rings. The number of rotatable bonds is 1. The minimum atomic E-state index is -0.167. The Labute approximate surface area is 89.3 Å². The van der Waals surface area contributed by atoms with Crippen molar-refractivity contribution in [1.82, 2.24) is 5.32 Å². The third-order valence-corrected chi connectivity index (χ3v) is 3.03. The topological polar surface area (TPSA) is 29.1 Å². The fraction of sp³-hybridized carbons (Fsp3) is 0.545. The van der Waals surface area contributed by atoms with E-state index in [9.17, 15) is 4.79 Å². The average molecular weight is 211 g/mol. The summed E-state index contributed by atoms with van der Waals surface area (Å²) < 4.78 is 0. The zero-order chi connectivity index (χ0) is 10.9. The highest BCUT2D eigenvalue weighted by molar-refractivity contribution is 7.10. The predicted octanol–water partition coefficient (Wildman–Crippen LogP) is 2.89. The lowest BCUT2D eigenvalue weighted by molar-refractivity contribution is 0.0919. The van der Waals surface area contributed by atoms with Crippen molar-refractivity contribution in [2.75, 3.05) is 0 Å². The number of carbonyl (C=O) groups excluding carboxylic acids is 1. The van der Waals surface area contributed by atoms with Crippen LogP contribution in [-0.4, -0.2) is 11.4 Å². The van der Waals surface area contributed by atoms with Crippen molar-refractivity contribution < 1.29 is 4.79 Å². The Kier molecular flexibility index (Phi) is 3.00. The highest BCUT2D eigenvalue weighted by Gasteiger charge is 2.18. The molecule has 78 valence electrons. The standard InChI is InChI=1S/C11H17NOS/c1-7-8(2)14-6-9(7)10(13)12-11(3,4)5/h6H,1-5H3,(H,12,13). The fourth-order valence-electron chi connectivity index (χ4n) is 1.15. The summed E-state index contributed by atoms with van der Waals surface area (Å²) >= 11 is 1.62. The Morgan fingerprint density at radius 3 is 2.29 bits per heavy atom. The molecule has 1 aromatic rings. The summed E-state index contributed by atoms with van der Waals surface area (Å²) in [6.45, 7) is 9.98. The molecule has 0 bridgehead atoms. The van der Waals surface area contributed by atoms with E-state index in [4.69, 9.17) is 0 Å². The van der Waals surface area contributed by atoms with E-state index in [1.54, 1.807) is 11.3 Å².